The first-order chi connectivity index (χ1) is 27.4. The van der Waals surface area contributed by atoms with E-state index in [0.29, 0.717) is 13.0 Å². The molecular formula is C47H88O9. The van der Waals surface area contributed by atoms with E-state index in [1.165, 1.54) is 148 Å². The maximum Gasteiger partial charge on any atom is 0.306 e. The van der Waals surface area contributed by atoms with Crippen LogP contribution in [0.5, 0.6) is 0 Å². The summed E-state index contributed by atoms with van der Waals surface area (Å²) < 4.78 is 22.8. The van der Waals surface area contributed by atoms with E-state index in [1.807, 2.05) is 0 Å². The molecule has 330 valence electrons. The summed E-state index contributed by atoms with van der Waals surface area (Å²) in [4.78, 5) is 12.8. The summed E-state index contributed by atoms with van der Waals surface area (Å²) in [5.41, 5.74) is 0. The molecule has 0 amide bonds. The number of aliphatic hydroxyl groups excluding tert-OH is 4. The molecule has 1 aliphatic rings. The van der Waals surface area contributed by atoms with Gasteiger partial charge in [0.2, 0.25) is 0 Å². The second-order valence-corrected chi connectivity index (χ2v) is 16.2. The summed E-state index contributed by atoms with van der Waals surface area (Å²) in [6.45, 7) is 4.56. The monoisotopic (exact) mass is 797 g/mol. The molecule has 1 saturated heterocycles. The molecule has 0 radical (unpaired) electrons. The molecule has 9 heteroatoms. The minimum atomic E-state index is -1.53. The Bertz CT molecular complexity index is 910. The Morgan fingerprint density at radius 1 is 0.571 bits per heavy atom. The molecule has 1 rings (SSSR count). The SMILES string of the molecule is CCCCCCC/C=C\C/C=C\CCCCCCCCCCCC(=O)OC(COCCCCCCCCCCCCCC)COC1OC(CO)C(O)C(O)C1O. The highest BCUT2D eigenvalue weighted by atomic mass is 16.7. The number of aliphatic hydroxyl groups is 4. The number of ether oxygens (including phenoxy) is 4. The Labute approximate surface area is 343 Å². The van der Waals surface area contributed by atoms with Gasteiger partial charge in [-0.25, -0.2) is 0 Å². The standard InChI is InChI=1S/C47H88O9/c1-3-5-7-9-11-13-15-17-18-19-20-21-22-23-24-25-26-28-30-32-34-36-43(49)55-41(40-54-47-46(52)45(51)44(50)42(38-48)56-47)39-53-37-35-33-31-29-27-16-14-12-10-8-6-4-2/h15,17,19-20,41-42,44-48,50-52H,3-14,16,18,21-40H2,1-2H3/b17-15-,20-19-. The van der Waals surface area contributed by atoms with Gasteiger partial charge in [-0.15, -0.1) is 0 Å². The third-order valence-corrected chi connectivity index (χ3v) is 10.9. The predicted octanol–water partition coefficient (Wildman–Crippen LogP) is 10.6. The Morgan fingerprint density at radius 3 is 1.54 bits per heavy atom. The van der Waals surface area contributed by atoms with Crippen LogP contribution < -0.4 is 0 Å². The molecule has 0 saturated carbocycles. The minimum Gasteiger partial charge on any atom is -0.457 e. The first-order valence-electron chi connectivity index (χ1n) is 23.4. The topological polar surface area (TPSA) is 135 Å². The summed E-state index contributed by atoms with van der Waals surface area (Å²) in [5.74, 6) is -0.316. The van der Waals surface area contributed by atoms with Crippen molar-refractivity contribution in [1.82, 2.24) is 0 Å². The zero-order chi connectivity index (χ0) is 40.7. The van der Waals surface area contributed by atoms with Gasteiger partial charge in [0, 0.05) is 13.0 Å². The van der Waals surface area contributed by atoms with Gasteiger partial charge in [0.15, 0.2) is 6.29 Å². The van der Waals surface area contributed by atoms with E-state index in [0.717, 1.165) is 38.5 Å². The van der Waals surface area contributed by atoms with Gasteiger partial charge in [-0.05, 0) is 44.9 Å². The highest BCUT2D eigenvalue weighted by molar-refractivity contribution is 5.69. The molecule has 0 aromatic heterocycles. The van der Waals surface area contributed by atoms with Crippen molar-refractivity contribution in [3.63, 3.8) is 0 Å². The maximum atomic E-state index is 12.8. The molecule has 0 aliphatic carbocycles. The fraction of sp³-hybridized carbons (Fsp3) is 0.894. The van der Waals surface area contributed by atoms with Crippen molar-refractivity contribution in [2.45, 2.75) is 243 Å². The number of rotatable bonds is 40. The van der Waals surface area contributed by atoms with Gasteiger partial charge in [0.1, 0.15) is 30.5 Å². The fourth-order valence-electron chi connectivity index (χ4n) is 7.17. The van der Waals surface area contributed by atoms with Crippen LogP contribution in [0.25, 0.3) is 0 Å². The van der Waals surface area contributed by atoms with Crippen LogP contribution in [0, 0.1) is 0 Å². The van der Waals surface area contributed by atoms with Crippen LogP contribution in [-0.4, -0.2) is 89.6 Å². The predicted molar refractivity (Wildman–Crippen MR) is 229 cm³/mol. The van der Waals surface area contributed by atoms with Gasteiger partial charge in [-0.3, -0.25) is 4.79 Å². The van der Waals surface area contributed by atoms with Crippen LogP contribution in [0.4, 0.5) is 0 Å². The maximum absolute atomic E-state index is 12.8. The van der Waals surface area contributed by atoms with E-state index in [-0.39, 0.29) is 19.2 Å². The lowest BCUT2D eigenvalue weighted by Gasteiger charge is -2.39. The van der Waals surface area contributed by atoms with Gasteiger partial charge >= 0.3 is 5.97 Å². The molecular weight excluding hydrogens is 709 g/mol. The van der Waals surface area contributed by atoms with Crippen LogP contribution in [0.1, 0.15) is 206 Å². The van der Waals surface area contributed by atoms with Crippen LogP contribution in [0.15, 0.2) is 24.3 Å². The number of esters is 1. The van der Waals surface area contributed by atoms with Crippen molar-refractivity contribution in [3.8, 4) is 0 Å². The van der Waals surface area contributed by atoms with Crippen LogP contribution in [0.3, 0.4) is 0 Å². The van der Waals surface area contributed by atoms with Gasteiger partial charge in [-0.2, -0.15) is 0 Å². The molecule has 0 bridgehead atoms. The summed E-state index contributed by atoms with van der Waals surface area (Å²) >= 11 is 0. The summed E-state index contributed by atoms with van der Waals surface area (Å²) in [5, 5.41) is 40.1. The van der Waals surface area contributed by atoms with Crippen molar-refractivity contribution >= 4 is 5.97 Å². The molecule has 0 spiro atoms. The number of hydrogen-bond donors (Lipinski definition) is 4. The van der Waals surface area contributed by atoms with Gasteiger partial charge in [0.05, 0.1) is 19.8 Å². The first kappa shape index (κ1) is 52.7. The Kier molecular flexibility index (Phi) is 36.8. The number of hydrogen-bond acceptors (Lipinski definition) is 9. The molecule has 56 heavy (non-hydrogen) atoms. The fourth-order valence-corrected chi connectivity index (χ4v) is 7.17. The molecule has 1 aliphatic heterocycles. The van der Waals surface area contributed by atoms with Crippen LogP contribution in [-0.2, 0) is 23.7 Å². The number of allylic oxidation sites excluding steroid dienone is 4. The zero-order valence-electron chi connectivity index (χ0n) is 36.1. The smallest absolute Gasteiger partial charge is 0.306 e. The molecule has 4 N–H and O–H groups in total. The van der Waals surface area contributed by atoms with Gasteiger partial charge in [0.25, 0.3) is 0 Å². The average molecular weight is 797 g/mol. The first-order valence-corrected chi connectivity index (χ1v) is 23.4. The second-order valence-electron chi connectivity index (χ2n) is 16.2. The van der Waals surface area contributed by atoms with Gasteiger partial charge in [-0.1, -0.05) is 179 Å². The summed E-state index contributed by atoms with van der Waals surface area (Å²) in [7, 11) is 0. The Morgan fingerprint density at radius 2 is 1.04 bits per heavy atom. The Hall–Kier alpha value is -1.33. The molecule has 0 aromatic rings. The molecule has 0 aromatic carbocycles. The lowest BCUT2D eigenvalue weighted by atomic mass is 9.99. The number of unbranched alkanes of at least 4 members (excludes halogenated alkanes) is 25. The highest BCUT2D eigenvalue weighted by Crippen LogP contribution is 2.23. The molecule has 1 heterocycles. The van der Waals surface area contributed by atoms with Crippen molar-refractivity contribution < 1.29 is 44.2 Å². The van der Waals surface area contributed by atoms with Crippen LogP contribution >= 0.6 is 0 Å². The lowest BCUT2D eigenvalue weighted by molar-refractivity contribution is -0.305. The molecule has 9 nitrogen and oxygen atoms in total. The molecule has 6 unspecified atom stereocenters. The average Bonchev–Trinajstić information content (AvgIpc) is 3.20. The van der Waals surface area contributed by atoms with E-state index in [9.17, 15) is 25.2 Å². The van der Waals surface area contributed by atoms with E-state index in [4.69, 9.17) is 18.9 Å². The number of carbonyl (C=O) groups is 1. The summed E-state index contributed by atoms with van der Waals surface area (Å²) in [6.07, 6.45) is 37.7. The van der Waals surface area contributed by atoms with E-state index in [1.54, 1.807) is 0 Å². The second kappa shape index (κ2) is 39.1. The molecule has 6 atom stereocenters. The van der Waals surface area contributed by atoms with E-state index < -0.39 is 43.4 Å². The normalized spacial score (nSPS) is 20.7. The third-order valence-electron chi connectivity index (χ3n) is 10.9. The number of carbonyl (C=O) groups excluding carboxylic acids is 1. The van der Waals surface area contributed by atoms with Crippen molar-refractivity contribution in [1.29, 1.82) is 0 Å². The zero-order valence-corrected chi connectivity index (χ0v) is 36.1. The largest absolute Gasteiger partial charge is 0.457 e. The third kappa shape index (κ3) is 29.8. The Balaban J connectivity index is 2.22. The van der Waals surface area contributed by atoms with E-state index >= 15 is 0 Å². The lowest BCUT2D eigenvalue weighted by Crippen LogP contribution is -2.59. The highest BCUT2D eigenvalue weighted by Gasteiger charge is 2.44. The quantitative estimate of drug-likeness (QED) is 0.0271. The minimum absolute atomic E-state index is 0.111. The summed E-state index contributed by atoms with van der Waals surface area (Å²) in [6, 6.07) is 0. The van der Waals surface area contributed by atoms with Crippen molar-refractivity contribution in [2.75, 3.05) is 26.4 Å². The van der Waals surface area contributed by atoms with E-state index in [2.05, 4.69) is 38.2 Å². The van der Waals surface area contributed by atoms with Crippen molar-refractivity contribution in [2.24, 2.45) is 0 Å². The van der Waals surface area contributed by atoms with Crippen molar-refractivity contribution in [3.05, 3.63) is 24.3 Å². The van der Waals surface area contributed by atoms with Gasteiger partial charge < -0.3 is 39.4 Å². The molecule has 1 fully saturated rings. The van der Waals surface area contributed by atoms with Crippen LogP contribution in [0.2, 0.25) is 0 Å².